The molecule has 9 heteroatoms. The van der Waals surface area contributed by atoms with Gasteiger partial charge in [0, 0.05) is 16.9 Å². The zero-order chi connectivity index (χ0) is 19.0. The van der Waals surface area contributed by atoms with Crippen molar-refractivity contribution in [1.29, 1.82) is 0 Å². The molecule has 0 saturated carbocycles. The molecular formula is C17H14ClF3N4O. The molecule has 0 spiro atoms. The van der Waals surface area contributed by atoms with E-state index in [0.717, 1.165) is 6.07 Å². The molecule has 136 valence electrons. The van der Waals surface area contributed by atoms with Gasteiger partial charge in [0.25, 0.3) is 6.43 Å². The lowest BCUT2D eigenvalue weighted by molar-refractivity contribution is -0.116. The number of nitrogens with one attached hydrogen (secondary N) is 1. The molecule has 26 heavy (non-hydrogen) atoms. The number of amides is 1. The van der Waals surface area contributed by atoms with Gasteiger partial charge in [0.1, 0.15) is 12.4 Å². The number of hydrogen-bond acceptors (Lipinski definition) is 3. The zero-order valence-electron chi connectivity index (χ0n) is 13.9. The van der Waals surface area contributed by atoms with Crippen LogP contribution in [-0.4, -0.2) is 20.7 Å². The number of hydrogen-bond donors (Lipinski definition) is 1. The van der Waals surface area contributed by atoms with Gasteiger partial charge >= 0.3 is 0 Å². The summed E-state index contributed by atoms with van der Waals surface area (Å²) in [4.78, 5) is 16.5. The number of rotatable bonds is 4. The van der Waals surface area contributed by atoms with E-state index in [9.17, 15) is 18.0 Å². The number of anilines is 1. The van der Waals surface area contributed by atoms with Crippen LogP contribution >= 0.6 is 11.6 Å². The quantitative estimate of drug-likeness (QED) is 0.726. The third-order valence-corrected chi connectivity index (χ3v) is 4.06. The average Bonchev–Trinajstić information content (AvgIpc) is 2.85. The van der Waals surface area contributed by atoms with E-state index in [4.69, 9.17) is 11.6 Å². The summed E-state index contributed by atoms with van der Waals surface area (Å²) in [5.74, 6) is -1.07. The van der Waals surface area contributed by atoms with Crippen LogP contribution < -0.4 is 5.32 Å². The summed E-state index contributed by atoms with van der Waals surface area (Å²) in [6, 6.07) is 5.08. The fourth-order valence-corrected chi connectivity index (χ4v) is 2.89. The summed E-state index contributed by atoms with van der Waals surface area (Å²) >= 11 is 5.68. The molecule has 5 nitrogen and oxygen atoms in total. The van der Waals surface area contributed by atoms with Crippen molar-refractivity contribution < 1.29 is 18.0 Å². The molecule has 0 unspecified atom stereocenters. The first-order chi connectivity index (χ1) is 12.3. The molecule has 1 N–H and O–H groups in total. The molecule has 1 aromatic carbocycles. The number of fused-ring (bicyclic) bond motifs is 1. The van der Waals surface area contributed by atoms with Gasteiger partial charge in [-0.1, -0.05) is 11.6 Å². The summed E-state index contributed by atoms with van der Waals surface area (Å²) in [6.07, 6.45) is -2.68. The minimum atomic E-state index is -2.68. The third-order valence-electron chi connectivity index (χ3n) is 3.77. The molecule has 3 rings (SSSR count). The predicted octanol–water partition coefficient (Wildman–Crippen LogP) is 4.42. The van der Waals surface area contributed by atoms with Gasteiger partial charge in [-0.2, -0.15) is 5.10 Å². The van der Waals surface area contributed by atoms with E-state index in [1.807, 2.05) is 0 Å². The van der Waals surface area contributed by atoms with Crippen LogP contribution in [0.15, 0.2) is 24.3 Å². The number of aromatic nitrogens is 3. The number of carbonyl (C=O) groups excluding carboxylic acids is 1. The highest BCUT2D eigenvalue weighted by Gasteiger charge is 2.20. The number of aryl methyl sites for hydroxylation is 2. The van der Waals surface area contributed by atoms with Crippen molar-refractivity contribution in [2.45, 2.75) is 26.8 Å². The minimum Gasteiger partial charge on any atom is -0.324 e. The van der Waals surface area contributed by atoms with Crippen LogP contribution in [-0.2, 0) is 11.3 Å². The lowest BCUT2D eigenvalue weighted by atomic mass is 10.1. The highest BCUT2D eigenvalue weighted by atomic mass is 35.5. The lowest BCUT2D eigenvalue weighted by Gasteiger charge is -2.08. The van der Waals surface area contributed by atoms with E-state index >= 15 is 0 Å². The maximum atomic E-state index is 13.3. The van der Waals surface area contributed by atoms with Crippen molar-refractivity contribution in [1.82, 2.24) is 14.8 Å². The van der Waals surface area contributed by atoms with Gasteiger partial charge in [-0.15, -0.1) is 0 Å². The van der Waals surface area contributed by atoms with Gasteiger partial charge in [-0.3, -0.25) is 4.79 Å². The zero-order valence-corrected chi connectivity index (χ0v) is 14.6. The minimum absolute atomic E-state index is 0.123. The normalized spacial score (nSPS) is 11.3. The van der Waals surface area contributed by atoms with Gasteiger partial charge in [0.2, 0.25) is 5.91 Å². The van der Waals surface area contributed by atoms with E-state index in [-0.39, 0.29) is 28.2 Å². The van der Waals surface area contributed by atoms with Crippen molar-refractivity contribution in [2.24, 2.45) is 0 Å². The Hall–Kier alpha value is -2.61. The molecule has 3 aromatic rings. The van der Waals surface area contributed by atoms with Crippen molar-refractivity contribution in [3.63, 3.8) is 0 Å². The van der Waals surface area contributed by atoms with E-state index in [0.29, 0.717) is 17.1 Å². The molecule has 0 atom stereocenters. The summed E-state index contributed by atoms with van der Waals surface area (Å²) in [5, 5.41) is 6.83. The first kappa shape index (κ1) is 18.2. The Morgan fingerprint density at radius 3 is 2.69 bits per heavy atom. The van der Waals surface area contributed by atoms with Crippen LogP contribution in [0.4, 0.5) is 18.9 Å². The second-order valence-corrected chi connectivity index (χ2v) is 6.18. The van der Waals surface area contributed by atoms with Gasteiger partial charge in [0.05, 0.1) is 16.1 Å². The van der Waals surface area contributed by atoms with Crippen LogP contribution in [0.5, 0.6) is 0 Å². The van der Waals surface area contributed by atoms with Gasteiger partial charge in [-0.25, -0.2) is 22.8 Å². The Balaban J connectivity index is 1.91. The Kier molecular flexibility index (Phi) is 4.86. The first-order valence-corrected chi connectivity index (χ1v) is 8.01. The smallest absolute Gasteiger partial charge is 0.264 e. The first-order valence-electron chi connectivity index (χ1n) is 7.64. The Morgan fingerprint density at radius 1 is 1.31 bits per heavy atom. The molecule has 2 aromatic heterocycles. The van der Waals surface area contributed by atoms with Crippen LogP contribution in [0, 0.1) is 19.7 Å². The lowest BCUT2D eigenvalue weighted by Crippen LogP contribution is -2.20. The fourth-order valence-electron chi connectivity index (χ4n) is 2.71. The number of carbonyl (C=O) groups is 1. The van der Waals surface area contributed by atoms with Crippen molar-refractivity contribution in [2.75, 3.05) is 5.32 Å². The Bertz CT molecular complexity index is 1000. The van der Waals surface area contributed by atoms with Crippen LogP contribution in [0.2, 0.25) is 5.02 Å². The van der Waals surface area contributed by atoms with Crippen LogP contribution in [0.25, 0.3) is 11.0 Å². The molecular weight excluding hydrogens is 369 g/mol. The molecule has 0 fully saturated rings. The maximum absolute atomic E-state index is 13.3. The van der Waals surface area contributed by atoms with Crippen LogP contribution in [0.1, 0.15) is 23.4 Å². The molecule has 2 heterocycles. The van der Waals surface area contributed by atoms with Gasteiger partial charge < -0.3 is 5.32 Å². The van der Waals surface area contributed by atoms with Gasteiger partial charge in [0.15, 0.2) is 5.65 Å². The summed E-state index contributed by atoms with van der Waals surface area (Å²) < 4.78 is 41.0. The van der Waals surface area contributed by atoms with Crippen LogP contribution in [0.3, 0.4) is 0 Å². The second-order valence-electron chi connectivity index (χ2n) is 5.77. The van der Waals surface area contributed by atoms with Crippen molar-refractivity contribution in [3.8, 4) is 0 Å². The maximum Gasteiger partial charge on any atom is 0.264 e. The topological polar surface area (TPSA) is 59.8 Å². The summed E-state index contributed by atoms with van der Waals surface area (Å²) in [5.41, 5.74) is 1.12. The Morgan fingerprint density at radius 2 is 2.04 bits per heavy atom. The second kappa shape index (κ2) is 6.95. The summed E-state index contributed by atoms with van der Waals surface area (Å²) in [6.45, 7) is 2.94. The summed E-state index contributed by atoms with van der Waals surface area (Å²) in [7, 11) is 0. The predicted molar refractivity (Wildman–Crippen MR) is 92.0 cm³/mol. The fraction of sp³-hybridized carbons (Fsp3) is 0.235. The monoisotopic (exact) mass is 382 g/mol. The molecule has 0 radical (unpaired) electrons. The SMILES string of the molecule is Cc1cc(C(F)F)c2c(C)nn(CC(=O)Nc3ccc(F)c(Cl)c3)c2n1. The molecule has 0 aliphatic rings. The number of halogens is 4. The number of pyridine rings is 1. The van der Waals surface area contributed by atoms with Crippen molar-refractivity contribution >= 4 is 34.2 Å². The van der Waals surface area contributed by atoms with E-state index in [1.165, 1.54) is 22.9 Å². The highest BCUT2D eigenvalue weighted by molar-refractivity contribution is 6.31. The molecule has 1 amide bonds. The largest absolute Gasteiger partial charge is 0.324 e. The third kappa shape index (κ3) is 3.50. The number of alkyl halides is 2. The highest BCUT2D eigenvalue weighted by Crippen LogP contribution is 2.30. The van der Waals surface area contributed by atoms with E-state index in [2.05, 4.69) is 15.4 Å². The molecule has 0 bridgehead atoms. The average molecular weight is 383 g/mol. The number of benzene rings is 1. The number of nitrogens with zero attached hydrogens (tertiary/aromatic N) is 3. The van der Waals surface area contributed by atoms with Crippen molar-refractivity contribution in [3.05, 3.63) is 52.1 Å². The molecule has 0 saturated heterocycles. The van der Waals surface area contributed by atoms with E-state index < -0.39 is 18.1 Å². The molecule has 0 aliphatic heterocycles. The van der Waals surface area contributed by atoms with E-state index in [1.54, 1.807) is 13.8 Å². The standard InChI is InChI=1S/C17H14ClF3N4O/c1-8-5-11(16(20)21)15-9(2)24-25(17(15)22-8)7-14(26)23-10-3-4-13(19)12(18)6-10/h3-6,16H,7H2,1-2H3,(H,23,26). The van der Waals surface area contributed by atoms with Gasteiger partial charge in [-0.05, 0) is 38.1 Å². The molecule has 0 aliphatic carbocycles. The Labute approximate surface area is 151 Å².